The number of ketones is 1. The van der Waals surface area contributed by atoms with Crippen LogP contribution in [0.2, 0.25) is 6.32 Å². The Morgan fingerprint density at radius 2 is 2.43 bits per heavy atom. The molecule has 0 atom stereocenters. The minimum atomic E-state index is -0.0671. The van der Waals surface area contributed by atoms with E-state index in [4.69, 9.17) is 7.85 Å². The lowest BCUT2D eigenvalue weighted by atomic mass is 10.0. The number of ether oxygens (including phenoxy) is 1. The second-order valence-electron chi connectivity index (χ2n) is 1.18. The number of Topliss-reactive ketones (excluding diaryl/α,β-unsaturated/α-hetero) is 1. The highest BCUT2D eigenvalue weighted by Crippen LogP contribution is 1.76. The second kappa shape index (κ2) is 3.87. The molecule has 0 rings (SSSR count). The molecule has 0 unspecified atom stereocenters. The first kappa shape index (κ1) is 6.69. The largest absolute Gasteiger partial charge is 0.377 e. The summed E-state index contributed by atoms with van der Waals surface area (Å²) in [6.07, 6.45) is 0.0772. The van der Waals surface area contributed by atoms with Gasteiger partial charge in [0.25, 0.3) is 0 Å². The summed E-state index contributed by atoms with van der Waals surface area (Å²) >= 11 is 0. The van der Waals surface area contributed by atoms with E-state index in [0.29, 0.717) is 0 Å². The molecule has 0 spiro atoms. The Bertz CT molecular complexity index is 62.7. The van der Waals surface area contributed by atoms with Gasteiger partial charge in [-0.25, -0.2) is 0 Å². The first-order valence-electron chi connectivity index (χ1n) is 2.02. The molecule has 0 saturated carbocycles. The highest BCUT2D eigenvalue weighted by molar-refractivity contribution is 6.20. The maximum Gasteiger partial charge on any atom is 0.149 e. The Balaban J connectivity index is 3.00. The standard InChI is InChI=1S/C4H7BO2/c1-7-3-4(6)2-5/h2-3H2,1H3. The fourth-order valence-electron chi connectivity index (χ4n) is 0.220. The van der Waals surface area contributed by atoms with Gasteiger partial charge >= 0.3 is 0 Å². The number of methoxy groups -OCH3 is 1. The lowest BCUT2D eigenvalue weighted by molar-refractivity contribution is -0.120. The molecule has 2 radical (unpaired) electrons. The van der Waals surface area contributed by atoms with Gasteiger partial charge in [-0.2, -0.15) is 0 Å². The molecule has 0 heterocycles. The van der Waals surface area contributed by atoms with Crippen molar-refractivity contribution in [1.29, 1.82) is 0 Å². The van der Waals surface area contributed by atoms with E-state index in [2.05, 4.69) is 4.74 Å². The summed E-state index contributed by atoms with van der Waals surface area (Å²) in [7, 11) is 6.39. The van der Waals surface area contributed by atoms with Crippen LogP contribution in [0.15, 0.2) is 0 Å². The van der Waals surface area contributed by atoms with Gasteiger partial charge in [-0.1, -0.05) is 0 Å². The molecule has 0 aliphatic carbocycles. The topological polar surface area (TPSA) is 26.3 Å². The third-order valence-corrected chi connectivity index (χ3v) is 0.533. The van der Waals surface area contributed by atoms with Crippen molar-refractivity contribution in [2.75, 3.05) is 13.7 Å². The molecule has 0 aromatic carbocycles. The fraction of sp³-hybridized carbons (Fsp3) is 0.750. The maximum absolute atomic E-state index is 10.2. The molecule has 0 N–H and O–H groups in total. The molecule has 3 heteroatoms. The predicted octanol–water partition coefficient (Wildman–Crippen LogP) is -0.211. The second-order valence-corrected chi connectivity index (χ2v) is 1.18. The molecule has 0 saturated heterocycles. The van der Waals surface area contributed by atoms with E-state index < -0.39 is 0 Å². The SMILES string of the molecule is [B]CC(=O)COC. The molecular weight excluding hydrogens is 90.9 g/mol. The Morgan fingerprint density at radius 1 is 1.86 bits per heavy atom. The molecule has 0 aromatic rings. The van der Waals surface area contributed by atoms with E-state index in [1.54, 1.807) is 0 Å². The quantitative estimate of drug-likeness (QED) is 0.456. The van der Waals surface area contributed by atoms with Crippen molar-refractivity contribution in [3.05, 3.63) is 0 Å². The molecule has 7 heavy (non-hydrogen) atoms. The van der Waals surface area contributed by atoms with Crippen molar-refractivity contribution in [1.82, 2.24) is 0 Å². The van der Waals surface area contributed by atoms with Crippen LogP contribution in [-0.4, -0.2) is 27.3 Å². The van der Waals surface area contributed by atoms with Crippen molar-refractivity contribution in [3.8, 4) is 0 Å². The van der Waals surface area contributed by atoms with E-state index in [9.17, 15) is 4.79 Å². The Morgan fingerprint density at radius 3 is 2.57 bits per heavy atom. The zero-order valence-electron chi connectivity index (χ0n) is 4.31. The van der Waals surface area contributed by atoms with Gasteiger partial charge < -0.3 is 4.74 Å². The molecule has 0 bridgehead atoms. The van der Waals surface area contributed by atoms with Gasteiger partial charge in [0.15, 0.2) is 0 Å². The molecular formula is C4H7BO2. The number of rotatable bonds is 3. The normalized spacial score (nSPS) is 8.71. The van der Waals surface area contributed by atoms with E-state index >= 15 is 0 Å². The van der Waals surface area contributed by atoms with Gasteiger partial charge in [-0.3, -0.25) is 4.79 Å². The number of carbonyl (C=O) groups excluding carboxylic acids is 1. The molecule has 0 aromatic heterocycles. The van der Waals surface area contributed by atoms with Crippen molar-refractivity contribution in [2.45, 2.75) is 6.32 Å². The van der Waals surface area contributed by atoms with Crippen molar-refractivity contribution >= 4 is 13.6 Å². The van der Waals surface area contributed by atoms with Gasteiger partial charge in [0.1, 0.15) is 12.4 Å². The zero-order chi connectivity index (χ0) is 5.70. The van der Waals surface area contributed by atoms with Crippen LogP contribution in [0.1, 0.15) is 0 Å². The van der Waals surface area contributed by atoms with Crippen LogP contribution in [0.25, 0.3) is 0 Å². The van der Waals surface area contributed by atoms with Gasteiger partial charge in [0.05, 0.1) is 7.85 Å². The van der Waals surface area contributed by atoms with Crippen LogP contribution in [-0.2, 0) is 9.53 Å². The summed E-state index contributed by atoms with van der Waals surface area (Å²) in [5.74, 6) is -0.0671. The third kappa shape index (κ3) is 3.53. The highest BCUT2D eigenvalue weighted by Gasteiger charge is 1.91. The minimum absolute atomic E-state index is 0.0671. The summed E-state index contributed by atoms with van der Waals surface area (Å²) in [5, 5.41) is 0. The van der Waals surface area contributed by atoms with Crippen LogP contribution in [0.3, 0.4) is 0 Å². The first-order valence-corrected chi connectivity index (χ1v) is 2.02. The van der Waals surface area contributed by atoms with Gasteiger partial charge in [-0.15, -0.1) is 0 Å². The summed E-state index contributed by atoms with van der Waals surface area (Å²) in [5.41, 5.74) is 0. The van der Waals surface area contributed by atoms with E-state index in [0.717, 1.165) is 0 Å². The maximum atomic E-state index is 10.2. The van der Waals surface area contributed by atoms with Crippen LogP contribution in [0, 0.1) is 0 Å². The fourth-order valence-corrected chi connectivity index (χ4v) is 0.220. The highest BCUT2D eigenvalue weighted by atomic mass is 16.5. The summed E-state index contributed by atoms with van der Waals surface area (Å²) in [6.45, 7) is 0.135. The molecule has 0 fully saturated rings. The van der Waals surface area contributed by atoms with Crippen LogP contribution >= 0.6 is 0 Å². The molecule has 0 aliphatic rings. The molecule has 0 amide bonds. The Hall–Kier alpha value is -0.305. The van der Waals surface area contributed by atoms with Gasteiger partial charge in [0, 0.05) is 7.11 Å². The Labute approximate surface area is 44.3 Å². The number of hydrogen-bond acceptors (Lipinski definition) is 2. The summed E-state index contributed by atoms with van der Waals surface area (Å²) in [6, 6.07) is 0. The third-order valence-electron chi connectivity index (χ3n) is 0.533. The zero-order valence-corrected chi connectivity index (χ0v) is 4.31. The monoisotopic (exact) mass is 98.1 g/mol. The van der Waals surface area contributed by atoms with Crippen molar-refractivity contribution in [3.63, 3.8) is 0 Å². The van der Waals surface area contributed by atoms with E-state index in [-0.39, 0.29) is 18.7 Å². The molecule has 2 nitrogen and oxygen atoms in total. The van der Waals surface area contributed by atoms with Crippen molar-refractivity contribution in [2.24, 2.45) is 0 Å². The summed E-state index contributed by atoms with van der Waals surface area (Å²) < 4.78 is 4.46. The predicted molar refractivity (Wildman–Crippen MR) is 27.4 cm³/mol. The lowest BCUT2D eigenvalue weighted by Gasteiger charge is -1.90. The average molecular weight is 97.9 g/mol. The van der Waals surface area contributed by atoms with E-state index in [1.165, 1.54) is 7.11 Å². The average Bonchev–Trinajstić information content (AvgIpc) is 1.68. The van der Waals surface area contributed by atoms with Crippen LogP contribution in [0.4, 0.5) is 0 Å². The minimum Gasteiger partial charge on any atom is -0.377 e. The lowest BCUT2D eigenvalue weighted by Crippen LogP contribution is -2.04. The number of hydrogen-bond donors (Lipinski definition) is 0. The first-order chi connectivity index (χ1) is 3.31. The van der Waals surface area contributed by atoms with Crippen LogP contribution in [0.5, 0.6) is 0 Å². The molecule has 0 aliphatic heterocycles. The van der Waals surface area contributed by atoms with E-state index in [1.807, 2.05) is 0 Å². The smallest absolute Gasteiger partial charge is 0.149 e. The molecule has 38 valence electrons. The van der Waals surface area contributed by atoms with Crippen molar-refractivity contribution < 1.29 is 9.53 Å². The number of carbonyl (C=O) groups is 1. The summed E-state index contributed by atoms with van der Waals surface area (Å²) in [4.78, 5) is 10.2. The Kier molecular flexibility index (Phi) is 3.70. The van der Waals surface area contributed by atoms with Gasteiger partial charge in [0.2, 0.25) is 0 Å². The van der Waals surface area contributed by atoms with Crippen LogP contribution < -0.4 is 0 Å². The van der Waals surface area contributed by atoms with Gasteiger partial charge in [-0.05, 0) is 6.32 Å².